The number of nitrogens with zero attached hydrogens (tertiary/aromatic N) is 1. The molecule has 1 amide bonds. The average molecular weight is 439 g/mol. The molecule has 0 aromatic heterocycles. The number of halogens is 1. The van der Waals surface area contributed by atoms with Crippen molar-refractivity contribution in [3.63, 3.8) is 0 Å². The third-order valence-electron chi connectivity index (χ3n) is 4.79. The zero-order valence-corrected chi connectivity index (χ0v) is 17.8. The summed E-state index contributed by atoms with van der Waals surface area (Å²) in [5, 5.41) is 3.05. The van der Waals surface area contributed by atoms with E-state index in [9.17, 15) is 13.2 Å². The van der Waals surface area contributed by atoms with E-state index in [2.05, 4.69) is 5.32 Å². The van der Waals surface area contributed by atoms with Crippen molar-refractivity contribution in [2.45, 2.75) is 23.8 Å². The van der Waals surface area contributed by atoms with E-state index < -0.39 is 10.0 Å². The second kappa shape index (κ2) is 9.02. The Bertz CT molecular complexity index is 973. The first-order valence-corrected chi connectivity index (χ1v) is 11.0. The number of carbonyl (C=O) groups excluding carboxylic acids is 1. The summed E-state index contributed by atoms with van der Waals surface area (Å²) >= 11 is 6.18. The van der Waals surface area contributed by atoms with Crippen molar-refractivity contribution in [1.29, 1.82) is 0 Å². The van der Waals surface area contributed by atoms with Crippen LogP contribution < -0.4 is 14.4 Å². The van der Waals surface area contributed by atoms with Crippen molar-refractivity contribution >= 4 is 33.2 Å². The molecule has 1 fully saturated rings. The lowest BCUT2D eigenvalue weighted by molar-refractivity contribution is 0.0858. The molecular weight excluding hydrogens is 416 g/mol. The number of ether oxygens (including phenoxy) is 2. The SMILES string of the molecule is COc1ccc(S(=O)(=O)N(C)c2ccc(Cl)c(C(=O)NC[C@H]3CCCO3)c2)cc1. The van der Waals surface area contributed by atoms with Crippen molar-refractivity contribution in [3.05, 3.63) is 53.1 Å². The molecule has 1 atom stereocenters. The first-order valence-electron chi connectivity index (χ1n) is 9.15. The average Bonchev–Trinajstić information content (AvgIpc) is 3.25. The molecule has 1 N–H and O–H groups in total. The van der Waals surface area contributed by atoms with Crippen LogP contribution in [-0.2, 0) is 14.8 Å². The van der Waals surface area contributed by atoms with Gasteiger partial charge in [0.2, 0.25) is 0 Å². The van der Waals surface area contributed by atoms with Crippen LogP contribution in [0.25, 0.3) is 0 Å². The van der Waals surface area contributed by atoms with Crippen molar-refractivity contribution < 1.29 is 22.7 Å². The highest BCUT2D eigenvalue weighted by Crippen LogP contribution is 2.27. The second-order valence-electron chi connectivity index (χ2n) is 6.66. The Morgan fingerprint density at radius 1 is 1.28 bits per heavy atom. The number of methoxy groups -OCH3 is 1. The Morgan fingerprint density at radius 3 is 2.62 bits per heavy atom. The third kappa shape index (κ3) is 4.83. The smallest absolute Gasteiger partial charge is 0.264 e. The van der Waals surface area contributed by atoms with Gasteiger partial charge < -0.3 is 14.8 Å². The number of amides is 1. The van der Waals surface area contributed by atoms with Gasteiger partial charge in [-0.15, -0.1) is 0 Å². The molecule has 7 nitrogen and oxygen atoms in total. The third-order valence-corrected chi connectivity index (χ3v) is 6.92. The van der Waals surface area contributed by atoms with Crippen LogP contribution >= 0.6 is 11.6 Å². The fourth-order valence-electron chi connectivity index (χ4n) is 3.03. The molecule has 1 saturated heterocycles. The van der Waals surface area contributed by atoms with Gasteiger partial charge in [-0.05, 0) is 55.3 Å². The van der Waals surface area contributed by atoms with E-state index in [1.165, 1.54) is 38.4 Å². The first kappa shape index (κ1) is 21.4. The molecule has 156 valence electrons. The Hall–Kier alpha value is -2.29. The zero-order valence-electron chi connectivity index (χ0n) is 16.2. The topological polar surface area (TPSA) is 84.9 Å². The standard InChI is InChI=1S/C20H23ClN2O5S/c1-23(29(25,26)17-8-6-15(27-2)7-9-17)14-5-10-19(21)18(12-14)20(24)22-13-16-4-3-11-28-16/h5-10,12,16H,3-4,11,13H2,1-2H3,(H,22,24)/t16-/m1/s1. The van der Waals surface area contributed by atoms with E-state index in [1.807, 2.05) is 0 Å². The summed E-state index contributed by atoms with van der Waals surface area (Å²) in [5.74, 6) is 0.186. The van der Waals surface area contributed by atoms with Crippen molar-refractivity contribution in [2.24, 2.45) is 0 Å². The van der Waals surface area contributed by atoms with Crippen LogP contribution in [0, 0.1) is 0 Å². The lowest BCUT2D eigenvalue weighted by Gasteiger charge is -2.21. The molecule has 1 heterocycles. The number of carbonyl (C=O) groups is 1. The van der Waals surface area contributed by atoms with Crippen molar-refractivity contribution in [1.82, 2.24) is 5.32 Å². The summed E-state index contributed by atoms with van der Waals surface area (Å²) in [6.45, 7) is 1.09. The summed E-state index contributed by atoms with van der Waals surface area (Å²) in [6, 6.07) is 10.6. The van der Waals surface area contributed by atoms with E-state index in [0.717, 1.165) is 17.1 Å². The Morgan fingerprint density at radius 2 is 2.00 bits per heavy atom. The fourth-order valence-corrected chi connectivity index (χ4v) is 4.43. The van der Waals surface area contributed by atoms with Crippen LogP contribution in [0.5, 0.6) is 5.75 Å². The summed E-state index contributed by atoms with van der Waals surface area (Å²) in [4.78, 5) is 12.7. The maximum atomic E-state index is 12.9. The lowest BCUT2D eigenvalue weighted by atomic mass is 10.1. The number of anilines is 1. The normalized spacial score (nSPS) is 16.4. The summed E-state index contributed by atoms with van der Waals surface area (Å²) in [7, 11) is -0.879. The van der Waals surface area contributed by atoms with Gasteiger partial charge in [-0.25, -0.2) is 8.42 Å². The molecule has 0 saturated carbocycles. The predicted octanol–water partition coefficient (Wildman–Crippen LogP) is 3.08. The maximum absolute atomic E-state index is 12.9. The number of benzene rings is 2. The van der Waals surface area contributed by atoms with Crippen LogP contribution in [0.1, 0.15) is 23.2 Å². The van der Waals surface area contributed by atoms with Gasteiger partial charge in [0.25, 0.3) is 15.9 Å². The summed E-state index contributed by atoms with van der Waals surface area (Å²) in [6.07, 6.45) is 1.88. The van der Waals surface area contributed by atoms with Crippen molar-refractivity contribution in [2.75, 3.05) is 31.6 Å². The highest BCUT2D eigenvalue weighted by atomic mass is 35.5. The molecule has 3 rings (SSSR count). The Labute approximate surface area is 175 Å². The van der Waals surface area contributed by atoms with Crippen LogP contribution in [0.15, 0.2) is 47.4 Å². The van der Waals surface area contributed by atoms with E-state index >= 15 is 0 Å². The Kier molecular flexibility index (Phi) is 6.66. The van der Waals surface area contributed by atoms with E-state index in [1.54, 1.807) is 18.2 Å². The number of nitrogens with one attached hydrogen (secondary N) is 1. The molecule has 29 heavy (non-hydrogen) atoms. The van der Waals surface area contributed by atoms with Crippen LogP contribution in [0.3, 0.4) is 0 Å². The van der Waals surface area contributed by atoms with Gasteiger partial charge in [-0.1, -0.05) is 11.6 Å². The molecule has 2 aromatic rings. The molecule has 9 heteroatoms. The molecule has 1 aliphatic heterocycles. The molecule has 0 spiro atoms. The van der Waals surface area contributed by atoms with Gasteiger partial charge in [-0.3, -0.25) is 9.10 Å². The molecule has 2 aromatic carbocycles. The Balaban J connectivity index is 1.80. The minimum absolute atomic E-state index is 0.000897. The van der Waals surface area contributed by atoms with Gasteiger partial charge in [-0.2, -0.15) is 0 Å². The highest BCUT2D eigenvalue weighted by molar-refractivity contribution is 7.92. The zero-order chi connectivity index (χ0) is 21.0. The minimum Gasteiger partial charge on any atom is -0.497 e. The van der Waals surface area contributed by atoms with E-state index in [4.69, 9.17) is 21.1 Å². The van der Waals surface area contributed by atoms with Crippen LogP contribution in [0.2, 0.25) is 5.02 Å². The van der Waals surface area contributed by atoms with Crippen LogP contribution in [-0.4, -0.2) is 47.7 Å². The molecule has 0 aliphatic carbocycles. The summed E-state index contributed by atoms with van der Waals surface area (Å²) < 4.78 is 37.5. The quantitative estimate of drug-likeness (QED) is 0.718. The molecule has 0 unspecified atom stereocenters. The first-order chi connectivity index (χ1) is 13.8. The fraction of sp³-hybridized carbons (Fsp3) is 0.350. The van der Waals surface area contributed by atoms with Gasteiger partial charge in [0.1, 0.15) is 5.75 Å². The molecule has 1 aliphatic rings. The number of sulfonamides is 1. The minimum atomic E-state index is -3.81. The van der Waals surface area contributed by atoms with Crippen LogP contribution in [0.4, 0.5) is 5.69 Å². The van der Waals surface area contributed by atoms with E-state index in [-0.39, 0.29) is 27.5 Å². The second-order valence-corrected chi connectivity index (χ2v) is 9.03. The largest absolute Gasteiger partial charge is 0.497 e. The molecule has 0 bridgehead atoms. The van der Waals surface area contributed by atoms with Gasteiger partial charge in [0.15, 0.2) is 0 Å². The van der Waals surface area contributed by atoms with Gasteiger partial charge in [0, 0.05) is 20.2 Å². The number of hydrogen-bond donors (Lipinski definition) is 1. The van der Waals surface area contributed by atoms with Gasteiger partial charge >= 0.3 is 0 Å². The van der Waals surface area contributed by atoms with E-state index in [0.29, 0.717) is 24.6 Å². The summed E-state index contributed by atoms with van der Waals surface area (Å²) in [5.41, 5.74) is 0.534. The monoisotopic (exact) mass is 438 g/mol. The van der Waals surface area contributed by atoms with Gasteiger partial charge in [0.05, 0.1) is 34.4 Å². The maximum Gasteiger partial charge on any atom is 0.264 e. The molecular formula is C20H23ClN2O5S. The lowest BCUT2D eigenvalue weighted by Crippen LogP contribution is -2.32. The molecule has 0 radical (unpaired) electrons. The number of rotatable bonds is 7. The highest BCUT2D eigenvalue weighted by Gasteiger charge is 2.23. The number of hydrogen-bond acceptors (Lipinski definition) is 5. The van der Waals surface area contributed by atoms with Crippen molar-refractivity contribution in [3.8, 4) is 5.75 Å². The predicted molar refractivity (Wildman–Crippen MR) is 111 cm³/mol.